The molecule has 4 N–H and O–H groups in total. The predicted molar refractivity (Wildman–Crippen MR) is 355 cm³/mol. The normalized spacial score (nSPS) is 30.8. The van der Waals surface area contributed by atoms with E-state index in [2.05, 4.69) is 10.6 Å². The molecule has 2 saturated heterocycles. The number of ketones is 3. The number of allylic oxidation sites excluding steroid dienone is 6. The molecule has 2 bridgehead atoms. The van der Waals surface area contributed by atoms with Gasteiger partial charge in [-0.1, -0.05) is 71.1 Å². The average Bonchev–Trinajstić information content (AvgIpc) is 0.888. The quantitative estimate of drug-likeness (QED) is 0.0299. The monoisotopic (exact) mass is 1400 g/mol. The van der Waals surface area contributed by atoms with Crippen LogP contribution < -0.4 is 10.6 Å². The maximum absolute atomic E-state index is 14.7. The molecule has 3 heterocycles. The number of benzene rings is 1. The van der Waals surface area contributed by atoms with E-state index in [0.717, 1.165) is 5.57 Å². The van der Waals surface area contributed by atoms with Crippen LogP contribution in [0.4, 0.5) is 11.4 Å². The number of methoxy groups -OCH3 is 3. The van der Waals surface area contributed by atoms with E-state index in [1.165, 1.54) is 25.9 Å². The van der Waals surface area contributed by atoms with E-state index in [0.29, 0.717) is 109 Å². The lowest BCUT2D eigenvalue weighted by atomic mass is 9.78. The molecule has 1 saturated carbocycles. The molecule has 5 rings (SSSR count). The lowest BCUT2D eigenvalue weighted by molar-refractivity contribution is -0.265. The summed E-state index contributed by atoms with van der Waals surface area (Å²) in [5, 5.41) is 29.2. The Balaban J connectivity index is 1.31. The number of carbonyl (C=O) groups is 9. The lowest BCUT2D eigenvalue weighted by Crippen LogP contribution is -2.61. The molecule has 3 fully saturated rings. The average molecular weight is 1400 g/mol. The standard InChI is InChI=1S/C70H102IN3O18/c1-39-23-17-15-18-24-40(2)55(86-12)37-51-29-27-45(7)70(85,92-51)66(81)67(82)74-31-21-20-25-52(74)68(83)91-56(38-53(77)41(3)34-44(6)64(80)65(88-14)63(79)43(5)33-39)42(4)35-50-28-30-54(57(36-50)87-13)90-58(78)26-19-16-22-32-89-69(84)59-46(8)61(72-48(10)75)47(9)62(60(59)71)73-49(11)76/h15,17-18,23-24,34,39,41-43,45,50-52,54-57,64-65,80,85H,16,19-22,25-33,35-38H2,1-14H3,(H,72,75)(H,73,76)/b18-15?,23-17+,40-24?,44-34+/t39-,41-,42-,43-,45-,50+,51+,52+,54-,55+,56+,57-,64-,65+,70-/m1/s1. The highest BCUT2D eigenvalue weighted by Gasteiger charge is 2.53. The van der Waals surface area contributed by atoms with Crippen molar-refractivity contribution >= 4 is 86.9 Å². The van der Waals surface area contributed by atoms with Gasteiger partial charge in [-0.2, -0.15) is 0 Å². The molecule has 21 nitrogen and oxygen atoms in total. The molecule has 22 heteroatoms. The number of rotatable bonds is 16. The first-order chi connectivity index (χ1) is 43.5. The Hall–Kier alpha value is -5.50. The van der Waals surface area contributed by atoms with Crippen molar-refractivity contribution < 1.29 is 86.5 Å². The van der Waals surface area contributed by atoms with Gasteiger partial charge in [-0.3, -0.25) is 33.6 Å². The summed E-state index contributed by atoms with van der Waals surface area (Å²) >= 11 is 1.99. The Labute approximate surface area is 557 Å². The fraction of sp³-hybridized carbons (Fsp3) is 0.671. The number of ether oxygens (including phenoxy) is 7. The molecule has 15 atom stereocenters. The van der Waals surface area contributed by atoms with Gasteiger partial charge in [0.2, 0.25) is 17.6 Å². The van der Waals surface area contributed by atoms with Crippen LogP contribution in [-0.4, -0.2) is 157 Å². The van der Waals surface area contributed by atoms with E-state index < -0.39 is 108 Å². The molecule has 1 aromatic carbocycles. The minimum absolute atomic E-state index is 0.0192. The van der Waals surface area contributed by atoms with Crippen molar-refractivity contribution in [2.75, 3.05) is 45.1 Å². The van der Waals surface area contributed by atoms with Gasteiger partial charge in [0.1, 0.15) is 36.2 Å². The zero-order valence-electron chi connectivity index (χ0n) is 56.5. The van der Waals surface area contributed by atoms with Gasteiger partial charge in [0.15, 0.2) is 5.78 Å². The number of hydrogen-bond donors (Lipinski definition) is 4. The van der Waals surface area contributed by atoms with Crippen LogP contribution >= 0.6 is 22.6 Å². The molecule has 512 valence electrons. The van der Waals surface area contributed by atoms with E-state index in [1.54, 1.807) is 61.8 Å². The molecule has 3 aliphatic heterocycles. The number of anilines is 2. The molecular weight excluding hydrogens is 1300 g/mol. The second kappa shape index (κ2) is 36.4. The van der Waals surface area contributed by atoms with Crippen molar-refractivity contribution in [1.82, 2.24) is 4.90 Å². The number of nitrogens with zero attached hydrogens (tertiary/aromatic N) is 1. The third-order valence-corrected chi connectivity index (χ3v) is 19.8. The van der Waals surface area contributed by atoms with Crippen molar-refractivity contribution in [1.29, 1.82) is 0 Å². The molecule has 0 unspecified atom stereocenters. The summed E-state index contributed by atoms with van der Waals surface area (Å²) in [5.74, 6) is -10.4. The number of halogens is 1. The number of piperidine rings is 1. The Kier molecular flexibility index (Phi) is 30.5. The minimum atomic E-state index is -2.48. The molecule has 92 heavy (non-hydrogen) atoms. The summed E-state index contributed by atoms with van der Waals surface area (Å²) in [4.78, 5) is 124. The molecule has 3 amide bonds. The van der Waals surface area contributed by atoms with Gasteiger partial charge < -0.3 is 58.9 Å². The molecule has 1 aromatic rings. The number of aliphatic hydroxyl groups is 2. The third kappa shape index (κ3) is 21.0. The van der Waals surface area contributed by atoms with E-state index in [-0.39, 0.29) is 79.6 Å². The number of fused-ring (bicyclic) bond motifs is 3. The van der Waals surface area contributed by atoms with E-state index in [9.17, 15) is 53.4 Å². The second-order valence-electron chi connectivity index (χ2n) is 26.0. The summed E-state index contributed by atoms with van der Waals surface area (Å²) in [6, 6.07) is -1.21. The van der Waals surface area contributed by atoms with Gasteiger partial charge in [0.25, 0.3) is 11.7 Å². The van der Waals surface area contributed by atoms with Crippen LogP contribution in [0, 0.1) is 52.9 Å². The summed E-state index contributed by atoms with van der Waals surface area (Å²) in [6.45, 7) is 18.8. The van der Waals surface area contributed by atoms with Gasteiger partial charge in [0, 0.05) is 84.4 Å². The van der Waals surface area contributed by atoms with Crippen LogP contribution in [0.25, 0.3) is 0 Å². The van der Waals surface area contributed by atoms with E-state index in [4.69, 9.17) is 33.2 Å². The van der Waals surface area contributed by atoms with Crippen LogP contribution in [0.5, 0.6) is 0 Å². The van der Waals surface area contributed by atoms with Crippen molar-refractivity contribution in [2.45, 2.75) is 233 Å². The zero-order valence-corrected chi connectivity index (χ0v) is 58.7. The lowest BCUT2D eigenvalue weighted by Gasteiger charge is -2.42. The topological polar surface area (TPSA) is 286 Å². The number of aliphatic hydroxyl groups excluding tert-OH is 1. The fourth-order valence-corrected chi connectivity index (χ4v) is 14.3. The van der Waals surface area contributed by atoms with Crippen LogP contribution in [0.1, 0.15) is 187 Å². The molecule has 0 spiro atoms. The number of nitrogens with one attached hydrogen (secondary N) is 2. The number of unbranched alkanes of at least 4 members (excludes halogenated alkanes) is 2. The fourth-order valence-electron chi connectivity index (χ4n) is 13.2. The largest absolute Gasteiger partial charge is 0.462 e. The Morgan fingerprint density at radius 1 is 0.793 bits per heavy atom. The van der Waals surface area contributed by atoms with Gasteiger partial charge >= 0.3 is 17.9 Å². The van der Waals surface area contributed by atoms with Crippen molar-refractivity contribution in [3.05, 3.63) is 67.9 Å². The van der Waals surface area contributed by atoms with Crippen LogP contribution in [0.15, 0.2) is 47.6 Å². The molecule has 0 aromatic heterocycles. The number of Topliss-reactive ketones (excluding diaryl/α,β-unsaturated/α-hetero) is 3. The summed E-state index contributed by atoms with van der Waals surface area (Å²) < 4.78 is 42.1. The molecular formula is C70H102IN3O18. The summed E-state index contributed by atoms with van der Waals surface area (Å²) in [5.41, 5.74) is 3.35. The number of hydrogen-bond acceptors (Lipinski definition) is 18. The van der Waals surface area contributed by atoms with Crippen LogP contribution in [0.2, 0.25) is 0 Å². The first kappa shape index (κ1) is 77.2. The van der Waals surface area contributed by atoms with Crippen molar-refractivity contribution in [2.24, 2.45) is 35.5 Å². The first-order valence-corrected chi connectivity index (χ1v) is 33.8. The zero-order chi connectivity index (χ0) is 68.3. The maximum Gasteiger partial charge on any atom is 0.339 e. The van der Waals surface area contributed by atoms with Crippen molar-refractivity contribution in [3.8, 4) is 0 Å². The highest BCUT2D eigenvalue weighted by atomic mass is 127. The van der Waals surface area contributed by atoms with Gasteiger partial charge in [-0.05, 0) is 174 Å². The summed E-state index contributed by atoms with van der Waals surface area (Å²) in [7, 11) is 4.48. The third-order valence-electron chi connectivity index (χ3n) is 18.7. The van der Waals surface area contributed by atoms with E-state index >= 15 is 0 Å². The molecule has 1 aliphatic carbocycles. The summed E-state index contributed by atoms with van der Waals surface area (Å²) in [6.07, 6.45) is 11.5. The smallest absolute Gasteiger partial charge is 0.339 e. The number of cyclic esters (lactones) is 1. The van der Waals surface area contributed by atoms with Crippen molar-refractivity contribution in [3.63, 3.8) is 0 Å². The highest BCUT2D eigenvalue weighted by Crippen LogP contribution is 2.40. The Bertz CT molecular complexity index is 2880. The van der Waals surface area contributed by atoms with Crippen LogP contribution in [-0.2, 0) is 71.5 Å². The minimum Gasteiger partial charge on any atom is -0.462 e. The molecule has 4 aliphatic rings. The second-order valence-corrected chi connectivity index (χ2v) is 27.1. The SMILES string of the molecule is CO[C@H]1C[C@@H]2CC[C@@H](C)[C@@](O)(O2)C(=O)C(=O)N2CCCC[C@H]2C(=O)O[C@H]([C@H](C)C[C@@H]2CC[C@@H](OC(=O)CCCCCOC(=O)c3c(C)c(NC(C)=O)c(C)c(NC(C)=O)c3I)[C@H](OC)C2)CC(=O)[C@H](C)/C=C(\C)[C@@H](O)[C@@H](OC)C(=O)[C@H](C)C[C@H](C)/C=C/C=CC=C1C. The Morgan fingerprint density at radius 2 is 1.49 bits per heavy atom. The number of carbonyl (C=O) groups excluding carboxylic acids is 9. The maximum atomic E-state index is 14.7. The van der Waals surface area contributed by atoms with E-state index in [1.807, 2.05) is 73.7 Å². The predicted octanol–water partition coefficient (Wildman–Crippen LogP) is 10.3. The first-order valence-electron chi connectivity index (χ1n) is 32.7. The number of esters is 3. The van der Waals surface area contributed by atoms with Gasteiger partial charge in [0.05, 0.1) is 39.7 Å². The van der Waals surface area contributed by atoms with Gasteiger partial charge in [-0.25, -0.2) is 9.59 Å². The molecule has 0 radical (unpaired) electrons. The van der Waals surface area contributed by atoms with Gasteiger partial charge in [-0.15, -0.1) is 0 Å². The highest BCUT2D eigenvalue weighted by molar-refractivity contribution is 14.1. The Morgan fingerprint density at radius 3 is 2.15 bits per heavy atom. The number of amides is 3. The van der Waals surface area contributed by atoms with Crippen LogP contribution in [0.3, 0.4) is 0 Å².